The van der Waals surface area contributed by atoms with Crippen molar-refractivity contribution in [2.45, 2.75) is 23.4 Å². The van der Waals surface area contributed by atoms with E-state index in [0.717, 1.165) is 12.1 Å². The van der Waals surface area contributed by atoms with Gasteiger partial charge in [0, 0.05) is 21.2 Å². The number of halogens is 8. The average Bonchev–Trinajstić information content (AvgIpc) is 3.35. The van der Waals surface area contributed by atoms with Crippen LogP contribution in [0.15, 0.2) is 97.1 Å². The van der Waals surface area contributed by atoms with Crippen molar-refractivity contribution >= 4 is 46.4 Å². The van der Waals surface area contributed by atoms with Crippen molar-refractivity contribution in [1.29, 1.82) is 0 Å². The molecule has 0 saturated heterocycles. The molecular formula is C30H16Cl2F6N2O2. The molecule has 0 aliphatic carbocycles. The number of hydrogen-bond acceptors (Lipinski definition) is 2. The zero-order chi connectivity index (χ0) is 30.2. The SMILES string of the molecule is O=C(N1c2ccc(Cl)cc2C2(c3ccccc3)N(C(=O)C(F)(F)F)c3ccc(Cl)cc3C12c1ccccc1)C(F)(F)F. The van der Waals surface area contributed by atoms with Crippen molar-refractivity contribution in [3.63, 3.8) is 0 Å². The van der Waals surface area contributed by atoms with E-state index in [9.17, 15) is 35.9 Å². The maximum atomic E-state index is 14.5. The van der Waals surface area contributed by atoms with E-state index in [1.165, 1.54) is 72.8 Å². The third-order valence-electron chi connectivity index (χ3n) is 7.65. The molecule has 0 aromatic heterocycles. The first-order valence-electron chi connectivity index (χ1n) is 12.3. The average molecular weight is 621 g/mol. The molecule has 4 aromatic rings. The second-order valence-electron chi connectivity index (χ2n) is 9.75. The lowest BCUT2D eigenvalue weighted by atomic mass is 9.65. The Bertz CT molecular complexity index is 1620. The number of carbonyl (C=O) groups is 2. The van der Waals surface area contributed by atoms with Gasteiger partial charge in [0.1, 0.15) is 11.1 Å². The molecule has 0 N–H and O–H groups in total. The lowest BCUT2D eigenvalue weighted by Crippen LogP contribution is -2.65. The number of carbonyl (C=O) groups excluding carboxylic acids is 2. The molecule has 0 radical (unpaired) electrons. The summed E-state index contributed by atoms with van der Waals surface area (Å²) in [6.45, 7) is 0. The molecule has 2 atom stereocenters. The first-order valence-corrected chi connectivity index (χ1v) is 13.1. The molecule has 0 spiro atoms. The fraction of sp³-hybridized carbons (Fsp3) is 0.133. The van der Waals surface area contributed by atoms with E-state index in [-0.39, 0.29) is 43.7 Å². The number of hydrogen-bond donors (Lipinski definition) is 0. The van der Waals surface area contributed by atoms with Gasteiger partial charge >= 0.3 is 24.2 Å². The number of fused-ring (bicyclic) bond motifs is 5. The largest absolute Gasteiger partial charge is 0.471 e. The summed E-state index contributed by atoms with van der Waals surface area (Å²) >= 11 is 12.7. The summed E-state index contributed by atoms with van der Waals surface area (Å²) in [5.74, 6) is -4.72. The highest BCUT2D eigenvalue weighted by atomic mass is 35.5. The standard InChI is InChI=1S/C30H16Cl2F6N2O2/c31-19-11-13-23-21(15-19)27(17-7-3-1-4-8-17)28(18-9-5-2-6-10-18,40(23)26(42)30(36,37)38)22-16-20(32)12-14-24(22)39(27)25(41)29(33,34)35/h1-16H. The summed E-state index contributed by atoms with van der Waals surface area (Å²) in [7, 11) is 0. The normalized spacial score (nSPS) is 21.1. The van der Waals surface area contributed by atoms with Gasteiger partial charge in [-0.05, 0) is 47.5 Å². The van der Waals surface area contributed by atoms with Gasteiger partial charge in [0.25, 0.3) is 0 Å². The molecule has 42 heavy (non-hydrogen) atoms. The molecule has 4 nitrogen and oxygen atoms in total. The quantitative estimate of drug-likeness (QED) is 0.213. The Hall–Kier alpha value is -4.02. The van der Waals surface area contributed by atoms with E-state index in [4.69, 9.17) is 23.2 Å². The van der Waals surface area contributed by atoms with E-state index < -0.39 is 35.2 Å². The van der Waals surface area contributed by atoms with Crippen molar-refractivity contribution in [1.82, 2.24) is 0 Å². The minimum Gasteiger partial charge on any atom is -0.287 e. The highest BCUT2D eigenvalue weighted by Crippen LogP contribution is 2.71. The first-order chi connectivity index (χ1) is 19.8. The maximum absolute atomic E-state index is 14.5. The van der Waals surface area contributed by atoms with Crippen LogP contribution < -0.4 is 9.80 Å². The van der Waals surface area contributed by atoms with Crippen molar-refractivity contribution in [3.8, 4) is 0 Å². The number of nitrogens with zero attached hydrogens (tertiary/aromatic N) is 2. The molecule has 2 unspecified atom stereocenters. The first kappa shape index (κ1) is 28.1. The van der Waals surface area contributed by atoms with E-state index in [2.05, 4.69) is 0 Å². The zero-order valence-corrected chi connectivity index (χ0v) is 22.5. The molecule has 2 aliphatic heterocycles. The van der Waals surface area contributed by atoms with Crippen LogP contribution >= 0.6 is 23.2 Å². The van der Waals surface area contributed by atoms with Gasteiger partial charge in [-0.3, -0.25) is 19.4 Å². The number of benzene rings is 4. The molecule has 2 heterocycles. The third-order valence-corrected chi connectivity index (χ3v) is 8.12. The van der Waals surface area contributed by atoms with Crippen LogP contribution in [-0.4, -0.2) is 24.2 Å². The van der Waals surface area contributed by atoms with Crippen LogP contribution in [0, 0.1) is 0 Å². The molecule has 0 fully saturated rings. The van der Waals surface area contributed by atoms with Crippen LogP contribution in [0.25, 0.3) is 0 Å². The summed E-state index contributed by atoms with van der Waals surface area (Å²) in [5.41, 5.74) is -6.05. The fourth-order valence-electron chi connectivity index (χ4n) is 6.42. The van der Waals surface area contributed by atoms with Crippen molar-refractivity contribution in [2.75, 3.05) is 9.80 Å². The zero-order valence-electron chi connectivity index (χ0n) is 21.0. The van der Waals surface area contributed by atoms with Gasteiger partial charge in [0.05, 0.1) is 11.4 Å². The summed E-state index contributed by atoms with van der Waals surface area (Å²) in [5, 5.41) is -0.0820. The second-order valence-corrected chi connectivity index (χ2v) is 10.6. The highest BCUT2D eigenvalue weighted by Gasteiger charge is 2.77. The second kappa shape index (κ2) is 9.24. The lowest BCUT2D eigenvalue weighted by Gasteiger charge is -2.49. The summed E-state index contributed by atoms with van der Waals surface area (Å²) < 4.78 is 87.2. The van der Waals surface area contributed by atoms with Gasteiger partial charge in [-0.25, -0.2) is 0 Å². The van der Waals surface area contributed by atoms with Crippen LogP contribution in [0.5, 0.6) is 0 Å². The van der Waals surface area contributed by atoms with Gasteiger partial charge in [-0.2, -0.15) is 26.3 Å². The van der Waals surface area contributed by atoms with Gasteiger partial charge < -0.3 is 0 Å². The Morgan fingerprint density at radius 3 is 1.19 bits per heavy atom. The Labute approximate surface area is 244 Å². The lowest BCUT2D eigenvalue weighted by molar-refractivity contribution is -0.173. The molecule has 4 aromatic carbocycles. The van der Waals surface area contributed by atoms with Crippen LogP contribution in [-0.2, 0) is 20.7 Å². The Morgan fingerprint density at radius 2 is 0.881 bits per heavy atom. The number of anilines is 2. The smallest absolute Gasteiger partial charge is 0.287 e. The molecular weight excluding hydrogens is 605 g/mol. The van der Waals surface area contributed by atoms with E-state index in [1.807, 2.05) is 0 Å². The van der Waals surface area contributed by atoms with Crippen LogP contribution in [0.1, 0.15) is 22.3 Å². The predicted molar refractivity (Wildman–Crippen MR) is 144 cm³/mol. The third kappa shape index (κ3) is 3.57. The van der Waals surface area contributed by atoms with Crippen molar-refractivity contribution in [2.24, 2.45) is 0 Å². The van der Waals surface area contributed by atoms with Gasteiger partial charge in [-0.1, -0.05) is 83.9 Å². The summed E-state index contributed by atoms with van der Waals surface area (Å²) in [6.07, 6.45) is -11.0. The minimum atomic E-state index is -5.48. The van der Waals surface area contributed by atoms with Crippen molar-refractivity contribution < 1.29 is 35.9 Å². The van der Waals surface area contributed by atoms with Gasteiger partial charge in [0.2, 0.25) is 0 Å². The number of rotatable bonds is 2. The predicted octanol–water partition coefficient (Wildman–Crippen LogP) is 8.00. The Morgan fingerprint density at radius 1 is 0.548 bits per heavy atom. The molecule has 2 aliphatic rings. The summed E-state index contributed by atoms with van der Waals surface area (Å²) in [6, 6.07) is 21.7. The number of amides is 2. The highest BCUT2D eigenvalue weighted by molar-refractivity contribution is 6.31. The Balaban J connectivity index is 1.95. The van der Waals surface area contributed by atoms with Crippen LogP contribution in [0.4, 0.5) is 37.7 Å². The van der Waals surface area contributed by atoms with Gasteiger partial charge in [-0.15, -0.1) is 0 Å². The molecule has 2 amide bonds. The molecule has 6 rings (SSSR count). The minimum absolute atomic E-state index is 0.000216. The molecule has 0 bridgehead atoms. The van der Waals surface area contributed by atoms with Crippen molar-refractivity contribution in [3.05, 3.63) is 129 Å². The van der Waals surface area contributed by atoms with E-state index in [1.54, 1.807) is 12.1 Å². The van der Waals surface area contributed by atoms with Crippen LogP contribution in [0.3, 0.4) is 0 Å². The van der Waals surface area contributed by atoms with E-state index >= 15 is 0 Å². The molecule has 0 saturated carbocycles. The Kier molecular flexibility index (Phi) is 6.19. The molecule has 214 valence electrons. The van der Waals surface area contributed by atoms with Crippen LogP contribution in [0.2, 0.25) is 10.0 Å². The fourth-order valence-corrected chi connectivity index (χ4v) is 6.77. The monoisotopic (exact) mass is 620 g/mol. The summed E-state index contributed by atoms with van der Waals surface area (Å²) in [4.78, 5) is 28.0. The van der Waals surface area contributed by atoms with Gasteiger partial charge in [0.15, 0.2) is 0 Å². The number of alkyl halides is 6. The molecule has 12 heteroatoms. The topological polar surface area (TPSA) is 40.6 Å². The van der Waals surface area contributed by atoms with E-state index in [0.29, 0.717) is 9.80 Å². The maximum Gasteiger partial charge on any atom is 0.471 e.